The highest BCUT2D eigenvalue weighted by molar-refractivity contribution is 7.90. The lowest BCUT2D eigenvalue weighted by molar-refractivity contribution is -0.384. The zero-order chi connectivity index (χ0) is 20.0. The monoisotopic (exact) mass is 391 g/mol. The van der Waals surface area contributed by atoms with E-state index in [1.165, 1.54) is 18.2 Å². The Balaban J connectivity index is 1.88. The van der Waals surface area contributed by atoms with Crippen LogP contribution in [0.2, 0.25) is 0 Å². The van der Waals surface area contributed by atoms with E-state index >= 15 is 0 Å². The fourth-order valence-electron chi connectivity index (χ4n) is 2.49. The van der Waals surface area contributed by atoms with Gasteiger partial charge in [-0.3, -0.25) is 14.9 Å². The molecule has 2 N–H and O–H groups in total. The van der Waals surface area contributed by atoms with Crippen molar-refractivity contribution in [3.8, 4) is 0 Å². The van der Waals surface area contributed by atoms with E-state index in [1.54, 1.807) is 37.3 Å². The average molecular weight is 391 g/mol. The third-order valence-electron chi connectivity index (χ3n) is 3.95. The zero-order valence-electron chi connectivity index (χ0n) is 15.0. The van der Waals surface area contributed by atoms with Crippen LogP contribution in [0, 0.1) is 10.1 Å². The second kappa shape index (κ2) is 8.63. The van der Waals surface area contributed by atoms with Gasteiger partial charge in [-0.1, -0.05) is 24.3 Å². The van der Waals surface area contributed by atoms with Gasteiger partial charge >= 0.3 is 0 Å². The maximum Gasteiger partial charge on any atom is 0.292 e. The molecule has 0 spiro atoms. The molecule has 1 unspecified atom stereocenters. The van der Waals surface area contributed by atoms with Crippen LogP contribution in [0.25, 0.3) is 0 Å². The largest absolute Gasteiger partial charge is 0.379 e. The quantitative estimate of drug-likeness (QED) is 0.527. The van der Waals surface area contributed by atoms with Crippen LogP contribution in [0.5, 0.6) is 0 Å². The first-order valence-electron chi connectivity index (χ1n) is 8.25. The van der Waals surface area contributed by atoms with Gasteiger partial charge in [0, 0.05) is 25.3 Å². The number of hydrogen-bond donors (Lipinski definition) is 2. The number of amides is 1. The predicted molar refractivity (Wildman–Crippen MR) is 102 cm³/mol. The van der Waals surface area contributed by atoms with Crippen LogP contribution in [0.4, 0.5) is 11.4 Å². The molecule has 8 nitrogen and oxygen atoms in total. The average Bonchev–Trinajstić information content (AvgIpc) is 2.61. The summed E-state index contributed by atoms with van der Waals surface area (Å²) < 4.78 is 22.9. The first kappa shape index (κ1) is 20.4. The highest BCUT2D eigenvalue weighted by Gasteiger charge is 2.14. The maximum absolute atomic E-state index is 12.1. The number of benzene rings is 2. The van der Waals surface area contributed by atoms with Gasteiger partial charge < -0.3 is 10.6 Å². The van der Waals surface area contributed by atoms with E-state index in [4.69, 9.17) is 0 Å². The number of para-hydroxylation sites is 2. The number of nitro benzene ring substituents is 1. The van der Waals surface area contributed by atoms with Gasteiger partial charge in [0.2, 0.25) is 5.91 Å². The van der Waals surface area contributed by atoms with Gasteiger partial charge in [-0.05, 0) is 30.7 Å². The van der Waals surface area contributed by atoms with Gasteiger partial charge in [0.05, 0.1) is 15.9 Å². The lowest BCUT2D eigenvalue weighted by Crippen LogP contribution is -2.28. The molecule has 2 aromatic carbocycles. The Hall–Kier alpha value is -2.94. The van der Waals surface area contributed by atoms with Crippen LogP contribution < -0.4 is 10.6 Å². The first-order chi connectivity index (χ1) is 12.7. The summed E-state index contributed by atoms with van der Waals surface area (Å²) in [5.41, 5.74) is 1.10. The van der Waals surface area contributed by atoms with E-state index in [9.17, 15) is 23.3 Å². The molecule has 27 heavy (non-hydrogen) atoms. The number of sulfone groups is 1. The van der Waals surface area contributed by atoms with Crippen molar-refractivity contribution in [1.29, 1.82) is 0 Å². The van der Waals surface area contributed by atoms with Crippen LogP contribution in [0.1, 0.15) is 24.9 Å². The summed E-state index contributed by atoms with van der Waals surface area (Å²) in [7, 11) is -3.26. The molecule has 0 heterocycles. The highest BCUT2D eigenvalue weighted by atomic mass is 32.2. The Morgan fingerprint density at radius 1 is 1.15 bits per heavy atom. The first-order valence-corrected chi connectivity index (χ1v) is 10.1. The lowest BCUT2D eigenvalue weighted by Gasteiger charge is -2.15. The molecule has 0 bridgehead atoms. The minimum Gasteiger partial charge on any atom is -0.379 e. The van der Waals surface area contributed by atoms with Gasteiger partial charge in [0.25, 0.3) is 5.69 Å². The van der Waals surface area contributed by atoms with Gasteiger partial charge in [0.15, 0.2) is 9.84 Å². The molecule has 1 amide bonds. The molecule has 0 aliphatic heterocycles. The molecular formula is C18H21N3O5S. The summed E-state index contributed by atoms with van der Waals surface area (Å²) in [5.74, 6) is -0.222. The normalized spacial score (nSPS) is 12.2. The van der Waals surface area contributed by atoms with Crippen LogP contribution in [-0.4, -0.2) is 32.0 Å². The fourth-order valence-corrected chi connectivity index (χ4v) is 3.12. The molecular weight excluding hydrogens is 370 g/mol. The summed E-state index contributed by atoms with van der Waals surface area (Å²) in [6, 6.07) is 12.3. The number of anilines is 1. The summed E-state index contributed by atoms with van der Waals surface area (Å²) in [5, 5.41) is 16.7. The molecule has 144 valence electrons. The number of rotatable bonds is 8. The Morgan fingerprint density at radius 2 is 1.78 bits per heavy atom. The van der Waals surface area contributed by atoms with E-state index in [-0.39, 0.29) is 35.5 Å². The number of nitrogens with zero attached hydrogens (tertiary/aromatic N) is 1. The number of carbonyl (C=O) groups is 1. The molecule has 0 radical (unpaired) electrons. The molecule has 2 aromatic rings. The summed E-state index contributed by atoms with van der Waals surface area (Å²) in [6.45, 7) is 2.04. The molecule has 0 aromatic heterocycles. The van der Waals surface area contributed by atoms with Crippen LogP contribution in [-0.2, 0) is 14.6 Å². The van der Waals surface area contributed by atoms with Crippen molar-refractivity contribution in [2.75, 3.05) is 18.1 Å². The van der Waals surface area contributed by atoms with Crippen molar-refractivity contribution in [3.05, 3.63) is 64.2 Å². The molecule has 0 aliphatic rings. The standard InChI is InChI=1S/C18H21N3O5S/c1-13(14-7-9-15(10-8-14)27(2,25)26)20-18(22)11-12-19-16-5-3-4-6-17(16)21(23)24/h3-10,13,19H,11-12H2,1-2H3,(H,20,22). The summed E-state index contributed by atoms with van der Waals surface area (Å²) in [4.78, 5) is 22.8. The zero-order valence-corrected chi connectivity index (χ0v) is 15.8. The molecule has 9 heteroatoms. The molecule has 0 aliphatic carbocycles. The van der Waals surface area contributed by atoms with Crippen molar-refractivity contribution in [1.82, 2.24) is 5.32 Å². The number of nitrogens with one attached hydrogen (secondary N) is 2. The Kier molecular flexibility index (Phi) is 6.51. The lowest BCUT2D eigenvalue weighted by atomic mass is 10.1. The fraction of sp³-hybridized carbons (Fsp3) is 0.278. The molecule has 0 saturated heterocycles. The SMILES string of the molecule is CC(NC(=O)CCNc1ccccc1[N+](=O)[O-])c1ccc(S(C)(=O)=O)cc1. The van der Waals surface area contributed by atoms with E-state index in [0.717, 1.165) is 11.8 Å². The minimum atomic E-state index is -3.26. The minimum absolute atomic E-state index is 0.0442. The predicted octanol–water partition coefficient (Wildman–Crippen LogP) is 2.68. The molecule has 0 fully saturated rings. The van der Waals surface area contributed by atoms with Gasteiger partial charge in [-0.15, -0.1) is 0 Å². The van der Waals surface area contributed by atoms with E-state index in [1.807, 2.05) is 0 Å². The smallest absolute Gasteiger partial charge is 0.292 e. The van der Waals surface area contributed by atoms with Crippen molar-refractivity contribution in [2.24, 2.45) is 0 Å². The van der Waals surface area contributed by atoms with Crippen LogP contribution in [0.3, 0.4) is 0 Å². The highest BCUT2D eigenvalue weighted by Crippen LogP contribution is 2.23. The number of hydrogen-bond acceptors (Lipinski definition) is 6. The Morgan fingerprint density at radius 3 is 2.37 bits per heavy atom. The van der Waals surface area contributed by atoms with Gasteiger partial charge in [0.1, 0.15) is 5.69 Å². The molecule has 2 rings (SSSR count). The number of nitro groups is 1. The van der Waals surface area contributed by atoms with Crippen LogP contribution in [0.15, 0.2) is 53.4 Å². The Bertz CT molecular complexity index is 926. The molecule has 0 saturated carbocycles. The van der Waals surface area contributed by atoms with Gasteiger partial charge in [-0.25, -0.2) is 8.42 Å². The van der Waals surface area contributed by atoms with Crippen molar-refractivity contribution in [3.63, 3.8) is 0 Å². The third kappa shape index (κ3) is 5.78. The third-order valence-corrected chi connectivity index (χ3v) is 5.08. The van der Waals surface area contributed by atoms with Crippen molar-refractivity contribution >= 4 is 27.1 Å². The number of carbonyl (C=O) groups excluding carboxylic acids is 1. The Labute approximate surface area is 157 Å². The second-order valence-corrected chi connectivity index (χ2v) is 8.10. The van der Waals surface area contributed by atoms with E-state index < -0.39 is 14.8 Å². The summed E-state index contributed by atoms with van der Waals surface area (Å²) in [6.07, 6.45) is 1.27. The van der Waals surface area contributed by atoms with E-state index in [0.29, 0.717) is 5.69 Å². The second-order valence-electron chi connectivity index (χ2n) is 6.08. The molecule has 1 atom stereocenters. The van der Waals surface area contributed by atoms with E-state index in [2.05, 4.69) is 10.6 Å². The topological polar surface area (TPSA) is 118 Å². The van der Waals surface area contributed by atoms with Crippen LogP contribution >= 0.6 is 0 Å². The van der Waals surface area contributed by atoms with Crippen molar-refractivity contribution < 1.29 is 18.1 Å². The summed E-state index contributed by atoms with van der Waals surface area (Å²) >= 11 is 0. The van der Waals surface area contributed by atoms with Gasteiger partial charge in [-0.2, -0.15) is 0 Å². The van der Waals surface area contributed by atoms with Crippen molar-refractivity contribution in [2.45, 2.75) is 24.3 Å². The maximum atomic E-state index is 12.1.